The van der Waals surface area contributed by atoms with Crippen molar-refractivity contribution in [3.05, 3.63) is 40.9 Å². The zero-order valence-corrected chi connectivity index (χ0v) is 10.7. The Kier molecular flexibility index (Phi) is 4.40. The second kappa shape index (κ2) is 6.03. The molecule has 2 rings (SSSR count). The number of rotatable bonds is 5. The molecular formula is C12H14N2O3S. The highest BCUT2D eigenvalue weighted by molar-refractivity contribution is 7.15. The quantitative estimate of drug-likeness (QED) is 0.814. The Hall–Kier alpha value is -1.31. The van der Waals surface area contributed by atoms with Crippen molar-refractivity contribution in [2.75, 3.05) is 6.61 Å². The van der Waals surface area contributed by atoms with Gasteiger partial charge >= 0.3 is 0 Å². The standard InChI is InChI=1S/C12H14N2O3S/c1-9-11(7-8-17-14(15)16)18-12(13-9)10-5-3-2-4-6-10/h2-6,15-16H,7-8H2,1H3. The van der Waals surface area contributed by atoms with E-state index in [0.29, 0.717) is 6.42 Å². The van der Waals surface area contributed by atoms with Gasteiger partial charge < -0.3 is 0 Å². The maximum Gasteiger partial charge on any atom is 0.123 e. The molecule has 0 aliphatic carbocycles. The maximum atomic E-state index is 8.44. The van der Waals surface area contributed by atoms with Gasteiger partial charge in [0.25, 0.3) is 0 Å². The molecule has 1 aromatic heterocycles. The van der Waals surface area contributed by atoms with E-state index >= 15 is 0 Å². The van der Waals surface area contributed by atoms with Crippen LogP contribution >= 0.6 is 11.3 Å². The number of nitrogens with zero attached hydrogens (tertiary/aromatic N) is 2. The zero-order chi connectivity index (χ0) is 13.0. The third-order valence-electron chi connectivity index (χ3n) is 2.45. The number of aromatic nitrogens is 1. The molecule has 0 aliphatic heterocycles. The second-order valence-electron chi connectivity index (χ2n) is 3.73. The fourth-order valence-electron chi connectivity index (χ4n) is 1.58. The molecular weight excluding hydrogens is 252 g/mol. The summed E-state index contributed by atoms with van der Waals surface area (Å²) in [5, 5.41) is 17.6. The van der Waals surface area contributed by atoms with Crippen molar-refractivity contribution in [1.82, 2.24) is 10.4 Å². The molecule has 0 saturated heterocycles. The van der Waals surface area contributed by atoms with Crippen molar-refractivity contribution in [1.29, 1.82) is 0 Å². The summed E-state index contributed by atoms with van der Waals surface area (Å²) in [6.45, 7) is 2.14. The molecule has 2 aromatic rings. The van der Waals surface area contributed by atoms with Gasteiger partial charge in [-0.3, -0.25) is 15.3 Å². The minimum absolute atomic E-state index is 0.199. The van der Waals surface area contributed by atoms with Gasteiger partial charge in [-0.1, -0.05) is 30.3 Å². The molecule has 0 saturated carbocycles. The first-order chi connectivity index (χ1) is 8.66. The lowest BCUT2D eigenvalue weighted by molar-refractivity contribution is -0.492. The molecule has 96 valence electrons. The summed E-state index contributed by atoms with van der Waals surface area (Å²) < 4.78 is 0. The van der Waals surface area contributed by atoms with E-state index in [-0.39, 0.29) is 12.0 Å². The largest absolute Gasteiger partial charge is 0.266 e. The average molecular weight is 266 g/mol. The lowest BCUT2D eigenvalue weighted by Crippen LogP contribution is -2.16. The van der Waals surface area contributed by atoms with Crippen molar-refractivity contribution in [2.45, 2.75) is 13.3 Å². The topological polar surface area (TPSA) is 65.8 Å². The van der Waals surface area contributed by atoms with Gasteiger partial charge in [-0.25, -0.2) is 4.98 Å². The predicted molar refractivity (Wildman–Crippen MR) is 67.4 cm³/mol. The molecule has 0 fully saturated rings. The Morgan fingerprint density at radius 3 is 2.67 bits per heavy atom. The average Bonchev–Trinajstić information content (AvgIpc) is 2.72. The number of benzene rings is 1. The first-order valence-electron chi connectivity index (χ1n) is 5.49. The van der Waals surface area contributed by atoms with Crippen LogP contribution in [0.15, 0.2) is 30.3 Å². The number of hydrogen-bond donors (Lipinski definition) is 2. The van der Waals surface area contributed by atoms with Crippen molar-refractivity contribution in [3.8, 4) is 10.6 Å². The summed E-state index contributed by atoms with van der Waals surface area (Å²) in [5.41, 5.74) is 2.04. The SMILES string of the molecule is Cc1nc(-c2ccccc2)sc1CCON(O)O. The van der Waals surface area contributed by atoms with Crippen LogP contribution in [0.25, 0.3) is 10.6 Å². The lowest BCUT2D eigenvalue weighted by atomic mass is 10.2. The highest BCUT2D eigenvalue weighted by Gasteiger charge is 2.09. The molecule has 0 unspecified atom stereocenters. The lowest BCUT2D eigenvalue weighted by Gasteiger charge is -2.04. The third kappa shape index (κ3) is 3.34. The molecule has 0 radical (unpaired) electrons. The zero-order valence-electron chi connectivity index (χ0n) is 9.91. The van der Waals surface area contributed by atoms with Gasteiger partial charge in [0.2, 0.25) is 0 Å². The first kappa shape index (κ1) is 13.1. The Morgan fingerprint density at radius 2 is 2.00 bits per heavy atom. The number of hydrogen-bond acceptors (Lipinski definition) is 6. The molecule has 6 heteroatoms. The highest BCUT2D eigenvalue weighted by Crippen LogP contribution is 2.27. The molecule has 2 N–H and O–H groups in total. The van der Waals surface area contributed by atoms with Crippen LogP contribution in [0, 0.1) is 6.92 Å². The van der Waals surface area contributed by atoms with E-state index in [1.54, 1.807) is 11.3 Å². The molecule has 0 atom stereocenters. The van der Waals surface area contributed by atoms with Gasteiger partial charge in [-0.05, 0) is 6.92 Å². The molecule has 18 heavy (non-hydrogen) atoms. The van der Waals surface area contributed by atoms with E-state index < -0.39 is 0 Å². The fourth-order valence-corrected chi connectivity index (χ4v) is 2.63. The van der Waals surface area contributed by atoms with Crippen LogP contribution in [-0.2, 0) is 11.3 Å². The predicted octanol–water partition coefficient (Wildman–Crippen LogP) is 2.67. The van der Waals surface area contributed by atoms with Crippen molar-refractivity contribution < 1.29 is 15.3 Å². The Balaban J connectivity index is 2.08. The van der Waals surface area contributed by atoms with E-state index in [4.69, 9.17) is 10.4 Å². The van der Waals surface area contributed by atoms with Gasteiger partial charge in [0.05, 0.1) is 17.7 Å². The Morgan fingerprint density at radius 1 is 1.28 bits per heavy atom. The van der Waals surface area contributed by atoms with Crippen molar-refractivity contribution in [3.63, 3.8) is 0 Å². The first-order valence-corrected chi connectivity index (χ1v) is 6.31. The summed E-state index contributed by atoms with van der Waals surface area (Å²) in [6.07, 6.45) is 0.591. The summed E-state index contributed by atoms with van der Waals surface area (Å²) in [4.78, 5) is 10.1. The summed E-state index contributed by atoms with van der Waals surface area (Å²) in [7, 11) is 0. The van der Waals surface area contributed by atoms with E-state index in [2.05, 4.69) is 9.82 Å². The van der Waals surface area contributed by atoms with Crippen molar-refractivity contribution in [2.24, 2.45) is 0 Å². The van der Waals surface area contributed by atoms with E-state index in [9.17, 15) is 0 Å². The molecule has 0 bridgehead atoms. The maximum absolute atomic E-state index is 8.44. The van der Waals surface area contributed by atoms with Gasteiger partial charge in [-0.15, -0.1) is 11.3 Å². The van der Waals surface area contributed by atoms with Crippen LogP contribution in [0.4, 0.5) is 0 Å². The Labute approximate surface area is 109 Å². The van der Waals surface area contributed by atoms with Crippen molar-refractivity contribution >= 4 is 11.3 Å². The molecule has 1 heterocycles. The smallest absolute Gasteiger partial charge is 0.123 e. The van der Waals surface area contributed by atoms with Crippen LogP contribution in [0.1, 0.15) is 10.6 Å². The number of aryl methyl sites for hydroxylation is 1. The fraction of sp³-hybridized carbons (Fsp3) is 0.250. The van der Waals surface area contributed by atoms with Crippen LogP contribution in [-0.4, -0.2) is 27.4 Å². The highest BCUT2D eigenvalue weighted by atomic mass is 32.1. The molecule has 0 amide bonds. The van der Waals surface area contributed by atoms with Crippen LogP contribution < -0.4 is 0 Å². The molecule has 0 spiro atoms. The third-order valence-corrected chi connectivity index (χ3v) is 3.72. The van der Waals surface area contributed by atoms with E-state index in [1.807, 2.05) is 37.3 Å². The molecule has 1 aromatic carbocycles. The monoisotopic (exact) mass is 266 g/mol. The van der Waals surface area contributed by atoms with Gasteiger partial charge in [0, 0.05) is 16.9 Å². The van der Waals surface area contributed by atoms with Gasteiger partial charge in [-0.2, -0.15) is 0 Å². The molecule has 5 nitrogen and oxygen atoms in total. The summed E-state index contributed by atoms with van der Waals surface area (Å²) >= 11 is 1.59. The van der Waals surface area contributed by atoms with Gasteiger partial charge in [0.1, 0.15) is 5.01 Å². The second-order valence-corrected chi connectivity index (χ2v) is 4.81. The molecule has 0 aliphatic rings. The normalized spacial score (nSPS) is 11.1. The minimum atomic E-state index is -0.269. The summed E-state index contributed by atoms with van der Waals surface area (Å²) in [6, 6.07) is 9.95. The summed E-state index contributed by atoms with van der Waals surface area (Å²) in [5.74, 6) is 0. The Bertz CT molecular complexity index is 499. The van der Waals surface area contributed by atoms with Crippen LogP contribution in [0.2, 0.25) is 0 Å². The van der Waals surface area contributed by atoms with Crippen LogP contribution in [0.3, 0.4) is 0 Å². The van der Waals surface area contributed by atoms with E-state index in [1.165, 1.54) is 0 Å². The van der Waals surface area contributed by atoms with Crippen LogP contribution in [0.5, 0.6) is 0 Å². The minimum Gasteiger partial charge on any atom is -0.266 e. The van der Waals surface area contributed by atoms with E-state index in [0.717, 1.165) is 21.1 Å². The number of thiazole rings is 1. The van der Waals surface area contributed by atoms with Gasteiger partial charge in [0.15, 0.2) is 0 Å².